The summed E-state index contributed by atoms with van der Waals surface area (Å²) in [4.78, 5) is 29.0. The highest BCUT2D eigenvalue weighted by Crippen LogP contribution is 2.66. The molecule has 1 aliphatic carbocycles. The number of hydrogen-bond acceptors (Lipinski definition) is 3. The fourth-order valence-electron chi connectivity index (χ4n) is 8.76. The third kappa shape index (κ3) is 2.84. The van der Waals surface area contributed by atoms with E-state index in [0.717, 1.165) is 10.9 Å². The molecular weight excluding hydrogens is 538 g/mol. The molecule has 0 fully saturated rings. The monoisotopic (exact) mass is 571 g/mol. The van der Waals surface area contributed by atoms with Crippen LogP contribution in [0.1, 0.15) is 101 Å². The number of Topliss-reactive ketones (excluding diaryl/α,β-unsaturated/α-hetero) is 2. The first-order chi connectivity index (χ1) is 20.9. The van der Waals surface area contributed by atoms with Crippen molar-refractivity contribution in [3.05, 3.63) is 141 Å². The van der Waals surface area contributed by atoms with E-state index in [9.17, 15) is 9.59 Å². The van der Waals surface area contributed by atoms with Crippen LogP contribution >= 0.6 is 0 Å². The predicted molar refractivity (Wildman–Crippen MR) is 178 cm³/mol. The van der Waals surface area contributed by atoms with Gasteiger partial charge in [0, 0.05) is 27.4 Å². The second-order valence-corrected chi connectivity index (χ2v) is 14.5. The summed E-state index contributed by atoms with van der Waals surface area (Å²) in [5.74, 6) is -0.386. The van der Waals surface area contributed by atoms with Gasteiger partial charge >= 0.3 is 0 Å². The van der Waals surface area contributed by atoms with Crippen molar-refractivity contribution >= 4 is 45.5 Å². The van der Waals surface area contributed by atoms with Gasteiger partial charge < -0.3 is 4.90 Å². The largest absolute Gasteiger partial charge is 0.309 e. The summed E-state index contributed by atoms with van der Waals surface area (Å²) in [5.41, 5.74) is 13.6. The van der Waals surface area contributed by atoms with E-state index in [1.807, 2.05) is 12.1 Å². The Bertz CT molecular complexity index is 2190. The second kappa shape index (κ2) is 7.84. The van der Waals surface area contributed by atoms with Gasteiger partial charge in [0.2, 0.25) is 0 Å². The second-order valence-electron chi connectivity index (χ2n) is 14.5. The Morgan fingerprint density at radius 1 is 0.545 bits per heavy atom. The molecule has 0 unspecified atom stereocenters. The van der Waals surface area contributed by atoms with Gasteiger partial charge in [-0.2, -0.15) is 0 Å². The lowest BCUT2D eigenvalue weighted by atomic mass is 9.60. The number of allylic oxidation sites excluding steroid dienone is 1. The number of nitrogens with zero attached hydrogens (tertiary/aromatic N) is 1. The van der Waals surface area contributed by atoms with Gasteiger partial charge in [-0.05, 0) is 67.9 Å². The highest BCUT2D eigenvalue weighted by atomic mass is 16.2. The lowest BCUT2D eigenvalue weighted by molar-refractivity contribution is 0.0990. The first-order valence-corrected chi connectivity index (χ1v) is 15.5. The van der Waals surface area contributed by atoms with Gasteiger partial charge in [0.05, 0.1) is 22.6 Å². The van der Waals surface area contributed by atoms with E-state index < -0.39 is 0 Å². The quantitative estimate of drug-likeness (QED) is 0.148. The number of anilines is 3. The molecule has 5 aromatic rings. The highest BCUT2D eigenvalue weighted by Gasteiger charge is 2.52. The number of ketones is 2. The Morgan fingerprint density at radius 2 is 1.07 bits per heavy atom. The average Bonchev–Trinajstić information content (AvgIpc) is 3.24. The van der Waals surface area contributed by atoms with E-state index in [4.69, 9.17) is 0 Å². The first-order valence-electron chi connectivity index (χ1n) is 15.5. The normalized spacial score (nSPS) is 18.8. The SMILES string of the molecule is CC1(C)c2cccc3c2N2c4c1cccc4C(C)(C)c1c2c(cc2cc(C=C4C(=O)c5ccccc5C4=O)ccc12)C3(C)C. The highest BCUT2D eigenvalue weighted by molar-refractivity contribution is 6.41. The van der Waals surface area contributed by atoms with Gasteiger partial charge in [0.25, 0.3) is 0 Å². The molecule has 4 aliphatic rings. The molecule has 0 N–H and O–H groups in total. The number of hydrogen-bond donors (Lipinski definition) is 0. The molecule has 0 bridgehead atoms. The van der Waals surface area contributed by atoms with Crippen molar-refractivity contribution in [3.63, 3.8) is 0 Å². The van der Waals surface area contributed by atoms with Crippen LogP contribution in [0.5, 0.6) is 0 Å². The van der Waals surface area contributed by atoms with Crippen molar-refractivity contribution in [1.29, 1.82) is 0 Å². The Hall–Kier alpha value is -4.76. The summed E-state index contributed by atoms with van der Waals surface area (Å²) in [5, 5.41) is 2.34. The summed E-state index contributed by atoms with van der Waals surface area (Å²) in [7, 11) is 0. The number of rotatable bonds is 1. The lowest BCUT2D eigenvalue weighted by Crippen LogP contribution is -2.43. The zero-order chi connectivity index (χ0) is 30.5. The number of para-hydroxylation sites is 2. The molecule has 3 nitrogen and oxygen atoms in total. The van der Waals surface area contributed by atoms with E-state index >= 15 is 0 Å². The Kier molecular flexibility index (Phi) is 4.58. The number of carbonyl (C=O) groups is 2. The van der Waals surface area contributed by atoms with Crippen LogP contribution in [-0.4, -0.2) is 11.6 Å². The molecule has 3 aliphatic heterocycles. The maximum atomic E-state index is 13.2. The Balaban J connectivity index is 1.34. The third-order valence-electron chi connectivity index (χ3n) is 11.1. The van der Waals surface area contributed by atoms with Crippen LogP contribution < -0.4 is 4.90 Å². The molecule has 0 aromatic heterocycles. The van der Waals surface area contributed by atoms with E-state index in [1.54, 1.807) is 18.2 Å². The molecule has 0 spiro atoms. The summed E-state index contributed by atoms with van der Waals surface area (Å²) in [6.45, 7) is 14.2. The standard InChI is InChI=1S/C41H33NO2/c1-39(2)28-13-9-15-30-34(28)42-35-29(39)14-10-16-31(35)41(5,6)33-24-18-17-22(19-23(24)21-32(36(33)42)40(30,3)4)20-27-37(43)25-11-7-8-12-26(25)38(27)44/h7-21H,1-6H3. The minimum atomic E-state index is -0.250. The molecule has 44 heavy (non-hydrogen) atoms. The van der Waals surface area contributed by atoms with Crippen molar-refractivity contribution < 1.29 is 9.59 Å². The van der Waals surface area contributed by atoms with Gasteiger partial charge in [-0.15, -0.1) is 0 Å². The number of fused-ring (bicyclic) bond motifs is 3. The predicted octanol–water partition coefficient (Wildman–Crippen LogP) is 9.69. The Morgan fingerprint density at radius 3 is 1.64 bits per heavy atom. The number of benzene rings is 5. The van der Waals surface area contributed by atoms with E-state index in [1.165, 1.54) is 55.8 Å². The smallest absolute Gasteiger partial charge is 0.197 e. The van der Waals surface area contributed by atoms with Crippen molar-refractivity contribution in [2.24, 2.45) is 0 Å². The molecule has 0 amide bonds. The average molecular weight is 572 g/mol. The molecule has 0 saturated carbocycles. The molecule has 0 saturated heterocycles. The van der Waals surface area contributed by atoms with Crippen molar-refractivity contribution in [1.82, 2.24) is 0 Å². The molecular formula is C41H33NO2. The van der Waals surface area contributed by atoms with Crippen LogP contribution in [0.25, 0.3) is 16.8 Å². The maximum Gasteiger partial charge on any atom is 0.197 e. The zero-order valence-corrected chi connectivity index (χ0v) is 25.9. The third-order valence-corrected chi connectivity index (χ3v) is 11.1. The minimum Gasteiger partial charge on any atom is -0.309 e. The molecule has 9 rings (SSSR count). The van der Waals surface area contributed by atoms with Crippen molar-refractivity contribution in [2.75, 3.05) is 4.90 Å². The van der Waals surface area contributed by atoms with Crippen LogP contribution in [0.3, 0.4) is 0 Å². The van der Waals surface area contributed by atoms with Crippen LogP contribution in [0.2, 0.25) is 0 Å². The van der Waals surface area contributed by atoms with E-state index in [2.05, 4.69) is 107 Å². The molecule has 0 atom stereocenters. The van der Waals surface area contributed by atoms with E-state index in [-0.39, 0.29) is 33.4 Å². The van der Waals surface area contributed by atoms with Crippen LogP contribution in [0.4, 0.5) is 17.1 Å². The maximum absolute atomic E-state index is 13.2. The first kappa shape index (κ1) is 25.7. The Labute approximate surface area is 257 Å². The fourth-order valence-corrected chi connectivity index (χ4v) is 8.76. The van der Waals surface area contributed by atoms with Crippen molar-refractivity contribution in [3.8, 4) is 0 Å². The summed E-state index contributed by atoms with van der Waals surface area (Å²) >= 11 is 0. The lowest BCUT2D eigenvalue weighted by Gasteiger charge is -2.55. The molecule has 214 valence electrons. The van der Waals surface area contributed by atoms with Crippen molar-refractivity contribution in [2.45, 2.75) is 57.8 Å². The van der Waals surface area contributed by atoms with Gasteiger partial charge in [-0.3, -0.25) is 9.59 Å². The van der Waals surface area contributed by atoms with Crippen LogP contribution in [0, 0.1) is 0 Å². The molecule has 3 heteroatoms. The van der Waals surface area contributed by atoms with E-state index in [0.29, 0.717) is 11.1 Å². The molecule has 5 aromatic carbocycles. The van der Waals surface area contributed by atoms with Gasteiger partial charge in [-0.25, -0.2) is 0 Å². The van der Waals surface area contributed by atoms with Crippen LogP contribution in [-0.2, 0) is 16.2 Å². The summed E-state index contributed by atoms with van der Waals surface area (Å²) in [6, 6.07) is 29.6. The topological polar surface area (TPSA) is 37.4 Å². The summed E-state index contributed by atoms with van der Waals surface area (Å²) in [6.07, 6.45) is 1.78. The summed E-state index contributed by atoms with van der Waals surface area (Å²) < 4.78 is 0. The van der Waals surface area contributed by atoms with Gasteiger partial charge in [0.15, 0.2) is 11.6 Å². The van der Waals surface area contributed by atoms with Gasteiger partial charge in [-0.1, -0.05) is 114 Å². The molecule has 0 radical (unpaired) electrons. The van der Waals surface area contributed by atoms with Gasteiger partial charge in [0.1, 0.15) is 0 Å². The number of carbonyl (C=O) groups excluding carboxylic acids is 2. The fraction of sp³-hybridized carbons (Fsp3) is 0.220. The molecule has 3 heterocycles. The zero-order valence-electron chi connectivity index (χ0n) is 25.9. The van der Waals surface area contributed by atoms with Crippen LogP contribution in [0.15, 0.2) is 90.5 Å². The minimum absolute atomic E-state index is 0.123.